The fourth-order valence-electron chi connectivity index (χ4n) is 2.80. The number of benzene rings is 1. The molecule has 1 N–H and O–H groups in total. The molecule has 2 heterocycles. The maximum Gasteiger partial charge on any atom is 0.108 e. The van der Waals surface area contributed by atoms with Gasteiger partial charge in [0.05, 0.1) is 22.5 Å². The van der Waals surface area contributed by atoms with E-state index in [-0.39, 0.29) is 0 Å². The fourth-order valence-corrected chi connectivity index (χ4v) is 3.81. The third-order valence-electron chi connectivity index (χ3n) is 3.95. The standard InChI is InChI=1S/C15H19N3OS/c1-2-11-9-18(8-7-12(11)17-19)10-15-16-13-5-3-4-6-14(13)20-15/h3-6,11,19H,2,7-10H2,1H3/b17-12+. The largest absolute Gasteiger partial charge is 0.411 e. The van der Waals surface area contributed by atoms with E-state index in [0.717, 1.165) is 43.7 Å². The lowest BCUT2D eigenvalue weighted by molar-refractivity contribution is 0.220. The minimum Gasteiger partial charge on any atom is -0.411 e. The number of hydrogen-bond donors (Lipinski definition) is 1. The molecular weight excluding hydrogens is 270 g/mol. The van der Waals surface area contributed by atoms with Gasteiger partial charge in [-0.2, -0.15) is 0 Å². The third kappa shape index (κ3) is 2.69. The highest BCUT2D eigenvalue weighted by atomic mass is 32.1. The third-order valence-corrected chi connectivity index (χ3v) is 4.97. The number of piperidine rings is 1. The summed E-state index contributed by atoms with van der Waals surface area (Å²) in [6, 6.07) is 8.28. The van der Waals surface area contributed by atoms with Gasteiger partial charge in [0.2, 0.25) is 0 Å². The number of para-hydroxylation sites is 1. The van der Waals surface area contributed by atoms with Gasteiger partial charge in [-0.15, -0.1) is 11.3 Å². The van der Waals surface area contributed by atoms with Gasteiger partial charge in [-0.1, -0.05) is 24.2 Å². The highest BCUT2D eigenvalue weighted by molar-refractivity contribution is 7.18. The Balaban J connectivity index is 1.71. The number of nitrogens with zero attached hydrogens (tertiary/aromatic N) is 3. The summed E-state index contributed by atoms with van der Waals surface area (Å²) in [5, 5.41) is 13.6. The molecule has 1 aromatic heterocycles. The number of fused-ring (bicyclic) bond motifs is 1. The molecule has 1 aliphatic heterocycles. The van der Waals surface area contributed by atoms with Crippen LogP contribution in [0.3, 0.4) is 0 Å². The second-order valence-electron chi connectivity index (χ2n) is 5.26. The zero-order chi connectivity index (χ0) is 13.9. The molecule has 1 unspecified atom stereocenters. The van der Waals surface area contributed by atoms with E-state index in [1.54, 1.807) is 11.3 Å². The number of rotatable bonds is 3. The van der Waals surface area contributed by atoms with Crippen molar-refractivity contribution in [2.45, 2.75) is 26.3 Å². The second-order valence-corrected chi connectivity index (χ2v) is 6.37. The van der Waals surface area contributed by atoms with Gasteiger partial charge in [0.1, 0.15) is 5.01 Å². The van der Waals surface area contributed by atoms with Crippen molar-refractivity contribution < 1.29 is 5.21 Å². The maximum absolute atomic E-state index is 9.02. The molecule has 0 saturated carbocycles. The molecule has 0 amide bonds. The van der Waals surface area contributed by atoms with Crippen LogP contribution in [-0.4, -0.2) is 33.9 Å². The van der Waals surface area contributed by atoms with E-state index >= 15 is 0 Å². The molecule has 4 nitrogen and oxygen atoms in total. The number of likely N-dealkylation sites (tertiary alicyclic amines) is 1. The monoisotopic (exact) mass is 289 g/mol. The van der Waals surface area contributed by atoms with E-state index in [1.807, 2.05) is 6.07 Å². The van der Waals surface area contributed by atoms with Crippen LogP contribution in [0.25, 0.3) is 10.2 Å². The first-order valence-electron chi connectivity index (χ1n) is 7.07. The minimum atomic E-state index is 0.378. The molecule has 20 heavy (non-hydrogen) atoms. The van der Waals surface area contributed by atoms with Crippen molar-refractivity contribution in [3.8, 4) is 0 Å². The van der Waals surface area contributed by atoms with Crippen molar-refractivity contribution in [1.29, 1.82) is 0 Å². The van der Waals surface area contributed by atoms with Crippen molar-refractivity contribution >= 4 is 27.3 Å². The SMILES string of the molecule is CCC1CN(Cc2nc3ccccc3s2)CC/C1=N\O. The van der Waals surface area contributed by atoms with Crippen LogP contribution in [0.1, 0.15) is 24.8 Å². The molecule has 1 fully saturated rings. The summed E-state index contributed by atoms with van der Waals surface area (Å²) in [5.74, 6) is 0.378. The Hall–Kier alpha value is -1.46. The molecule has 106 valence electrons. The van der Waals surface area contributed by atoms with Crippen molar-refractivity contribution in [1.82, 2.24) is 9.88 Å². The Labute approximate surface area is 122 Å². The lowest BCUT2D eigenvalue weighted by atomic mass is 9.93. The van der Waals surface area contributed by atoms with Gasteiger partial charge in [0.15, 0.2) is 0 Å². The molecular formula is C15H19N3OS. The van der Waals surface area contributed by atoms with Gasteiger partial charge in [-0.25, -0.2) is 4.98 Å². The summed E-state index contributed by atoms with van der Waals surface area (Å²) in [6.45, 7) is 4.96. The van der Waals surface area contributed by atoms with Crippen LogP contribution in [-0.2, 0) is 6.54 Å². The summed E-state index contributed by atoms with van der Waals surface area (Å²) in [6.07, 6.45) is 1.88. The van der Waals surface area contributed by atoms with Gasteiger partial charge in [0, 0.05) is 25.4 Å². The average molecular weight is 289 g/mol. The zero-order valence-electron chi connectivity index (χ0n) is 11.6. The van der Waals surface area contributed by atoms with Gasteiger partial charge in [0.25, 0.3) is 0 Å². The van der Waals surface area contributed by atoms with Crippen LogP contribution in [0.15, 0.2) is 29.4 Å². The Morgan fingerprint density at radius 3 is 3.05 bits per heavy atom. The molecule has 0 spiro atoms. The molecule has 1 aliphatic rings. The Morgan fingerprint density at radius 1 is 1.45 bits per heavy atom. The summed E-state index contributed by atoms with van der Waals surface area (Å²) in [4.78, 5) is 7.11. The van der Waals surface area contributed by atoms with Gasteiger partial charge < -0.3 is 5.21 Å². The first-order valence-corrected chi connectivity index (χ1v) is 7.89. The second kappa shape index (κ2) is 5.89. The Morgan fingerprint density at radius 2 is 2.30 bits per heavy atom. The Bertz CT molecular complexity index is 589. The van der Waals surface area contributed by atoms with Crippen LogP contribution in [0.4, 0.5) is 0 Å². The van der Waals surface area contributed by atoms with E-state index in [4.69, 9.17) is 10.2 Å². The lowest BCUT2D eigenvalue weighted by Gasteiger charge is -2.32. The van der Waals surface area contributed by atoms with Crippen LogP contribution in [0.2, 0.25) is 0 Å². The molecule has 3 rings (SSSR count). The molecule has 0 bridgehead atoms. The quantitative estimate of drug-likeness (QED) is 0.696. The van der Waals surface area contributed by atoms with E-state index in [1.165, 1.54) is 9.71 Å². The van der Waals surface area contributed by atoms with Crippen molar-refractivity contribution in [2.75, 3.05) is 13.1 Å². The topological polar surface area (TPSA) is 48.7 Å². The summed E-state index contributed by atoms with van der Waals surface area (Å²) < 4.78 is 1.25. The van der Waals surface area contributed by atoms with Crippen molar-refractivity contribution in [2.24, 2.45) is 11.1 Å². The van der Waals surface area contributed by atoms with Crippen LogP contribution < -0.4 is 0 Å². The highest BCUT2D eigenvalue weighted by Gasteiger charge is 2.25. The average Bonchev–Trinajstić information content (AvgIpc) is 2.89. The first-order chi connectivity index (χ1) is 9.80. The molecule has 5 heteroatoms. The first kappa shape index (κ1) is 13.5. The summed E-state index contributed by atoms with van der Waals surface area (Å²) in [7, 11) is 0. The number of thiazole rings is 1. The number of hydrogen-bond acceptors (Lipinski definition) is 5. The lowest BCUT2D eigenvalue weighted by Crippen LogP contribution is -2.40. The van der Waals surface area contributed by atoms with Crippen LogP contribution in [0.5, 0.6) is 0 Å². The maximum atomic E-state index is 9.02. The van der Waals surface area contributed by atoms with Crippen LogP contribution >= 0.6 is 11.3 Å². The van der Waals surface area contributed by atoms with Gasteiger partial charge >= 0.3 is 0 Å². The fraction of sp³-hybridized carbons (Fsp3) is 0.467. The number of oxime groups is 1. The van der Waals surface area contributed by atoms with Crippen molar-refractivity contribution in [3.05, 3.63) is 29.3 Å². The number of aromatic nitrogens is 1. The van der Waals surface area contributed by atoms with Gasteiger partial charge in [-0.05, 0) is 18.6 Å². The summed E-state index contributed by atoms with van der Waals surface area (Å²) >= 11 is 1.77. The molecule has 1 saturated heterocycles. The van der Waals surface area contributed by atoms with E-state index in [0.29, 0.717) is 5.92 Å². The molecule has 1 atom stereocenters. The molecule has 1 aromatic carbocycles. The zero-order valence-corrected chi connectivity index (χ0v) is 12.4. The van der Waals surface area contributed by atoms with E-state index in [9.17, 15) is 0 Å². The van der Waals surface area contributed by atoms with E-state index < -0.39 is 0 Å². The normalized spacial score (nSPS) is 22.6. The Kier molecular flexibility index (Phi) is 3.98. The predicted molar refractivity (Wildman–Crippen MR) is 82.5 cm³/mol. The summed E-state index contributed by atoms with van der Waals surface area (Å²) in [5.41, 5.74) is 2.04. The smallest absolute Gasteiger partial charge is 0.108 e. The highest BCUT2D eigenvalue weighted by Crippen LogP contribution is 2.25. The molecule has 0 radical (unpaired) electrons. The van der Waals surface area contributed by atoms with Crippen LogP contribution in [0, 0.1) is 5.92 Å². The van der Waals surface area contributed by atoms with Crippen molar-refractivity contribution in [3.63, 3.8) is 0 Å². The molecule has 2 aromatic rings. The minimum absolute atomic E-state index is 0.378. The van der Waals surface area contributed by atoms with E-state index in [2.05, 4.69) is 35.2 Å². The van der Waals surface area contributed by atoms with Gasteiger partial charge in [-0.3, -0.25) is 4.90 Å². The molecule has 0 aliphatic carbocycles. The predicted octanol–water partition coefficient (Wildman–Crippen LogP) is 3.36.